The Morgan fingerprint density at radius 3 is 3.07 bits per heavy atom. The Bertz CT molecular complexity index is 1060. The van der Waals surface area contributed by atoms with Gasteiger partial charge in [-0.05, 0) is 11.4 Å². The average Bonchev–Trinajstić information content (AvgIpc) is 3.33. The number of aromatic nitrogens is 4. The van der Waals surface area contributed by atoms with Crippen LogP contribution in [0.15, 0.2) is 23.8 Å². The Balaban J connectivity index is 1.66. The predicted octanol–water partition coefficient (Wildman–Crippen LogP) is 0.395. The fraction of sp³-hybridized carbons (Fsp3) is 0.357. The molecule has 0 saturated carbocycles. The van der Waals surface area contributed by atoms with Crippen molar-refractivity contribution in [1.29, 1.82) is 0 Å². The second-order valence-electron chi connectivity index (χ2n) is 6.08. The molecular weight excluding hydrogens is 413 g/mol. The minimum atomic E-state index is -3.64. The number of fused-ring (bicyclic) bond motifs is 2. The number of rotatable bonds is 2. The maximum atomic E-state index is 12.0. The SMILES string of the molecule is Nc1ncnc2c1nc(-c1cccs1)n2[C@@H]1OC2COP([O-])(=S)OC2[C@@H]1O. The van der Waals surface area contributed by atoms with Crippen LogP contribution in [0.2, 0.25) is 0 Å². The van der Waals surface area contributed by atoms with Crippen molar-refractivity contribution in [2.24, 2.45) is 0 Å². The van der Waals surface area contributed by atoms with Gasteiger partial charge in [0.15, 0.2) is 29.0 Å². The second kappa shape index (κ2) is 6.26. The van der Waals surface area contributed by atoms with Crippen LogP contribution in [0, 0.1) is 0 Å². The van der Waals surface area contributed by atoms with E-state index in [0.29, 0.717) is 17.0 Å². The van der Waals surface area contributed by atoms with E-state index in [9.17, 15) is 10.00 Å². The lowest BCUT2D eigenvalue weighted by atomic mass is 10.1. The van der Waals surface area contributed by atoms with Gasteiger partial charge in [0.25, 0.3) is 0 Å². The summed E-state index contributed by atoms with van der Waals surface area (Å²) in [7, 11) is 0. The van der Waals surface area contributed by atoms with Gasteiger partial charge in [-0.1, -0.05) is 17.9 Å². The summed E-state index contributed by atoms with van der Waals surface area (Å²) in [6.45, 7) is -3.67. The molecule has 0 spiro atoms. The molecule has 2 aliphatic heterocycles. The number of nitrogen functional groups attached to an aromatic ring is 1. The van der Waals surface area contributed by atoms with Gasteiger partial charge in [-0.3, -0.25) is 4.57 Å². The van der Waals surface area contributed by atoms with Crippen LogP contribution in [0.1, 0.15) is 6.23 Å². The smallest absolute Gasteiger partial charge is 0.168 e. The molecule has 5 heterocycles. The molecule has 10 nitrogen and oxygen atoms in total. The monoisotopic (exact) mass is 426 g/mol. The number of aliphatic hydroxyl groups is 1. The molecule has 13 heteroatoms. The van der Waals surface area contributed by atoms with E-state index < -0.39 is 31.3 Å². The number of thiophene rings is 1. The van der Waals surface area contributed by atoms with Gasteiger partial charge in [0.05, 0.1) is 11.5 Å². The van der Waals surface area contributed by atoms with Crippen molar-refractivity contribution in [1.82, 2.24) is 19.5 Å². The van der Waals surface area contributed by atoms with E-state index in [2.05, 4.69) is 15.0 Å². The summed E-state index contributed by atoms with van der Waals surface area (Å²) in [5.41, 5.74) is 6.77. The Hall–Kier alpha value is -1.50. The molecule has 0 aliphatic carbocycles. The molecule has 2 aliphatic rings. The molecule has 0 radical (unpaired) electrons. The Kier molecular flexibility index (Phi) is 4.08. The van der Waals surface area contributed by atoms with Crippen LogP contribution in [-0.2, 0) is 25.6 Å². The molecule has 5 rings (SSSR count). The second-order valence-corrected chi connectivity index (χ2v) is 9.74. The summed E-state index contributed by atoms with van der Waals surface area (Å²) in [6.07, 6.45) is -2.22. The van der Waals surface area contributed by atoms with E-state index in [1.54, 1.807) is 4.57 Å². The van der Waals surface area contributed by atoms with Crippen molar-refractivity contribution in [3.05, 3.63) is 23.8 Å². The number of ether oxygens (including phenoxy) is 1. The number of nitrogens with zero attached hydrogens (tertiary/aromatic N) is 4. The van der Waals surface area contributed by atoms with Gasteiger partial charge in [0.1, 0.15) is 31.4 Å². The highest BCUT2D eigenvalue weighted by Gasteiger charge is 2.50. The van der Waals surface area contributed by atoms with E-state index in [1.165, 1.54) is 17.7 Å². The van der Waals surface area contributed by atoms with Crippen molar-refractivity contribution >= 4 is 46.8 Å². The van der Waals surface area contributed by atoms with Crippen LogP contribution < -0.4 is 10.6 Å². The maximum Gasteiger partial charge on any atom is 0.168 e. The van der Waals surface area contributed by atoms with Gasteiger partial charge in [0.2, 0.25) is 0 Å². The molecule has 3 aromatic rings. The molecule has 3 N–H and O–H groups in total. The quantitative estimate of drug-likeness (QED) is 0.553. The van der Waals surface area contributed by atoms with Crippen LogP contribution in [0.4, 0.5) is 5.82 Å². The Morgan fingerprint density at radius 1 is 1.44 bits per heavy atom. The molecule has 0 amide bonds. The third kappa shape index (κ3) is 2.80. The average molecular weight is 426 g/mol. The molecule has 5 atom stereocenters. The highest BCUT2D eigenvalue weighted by molar-refractivity contribution is 8.06. The standard InChI is InChI=1S/C14H14N5O5PS2/c15-11-8-13(17-5-16-11)19(12(18-8)7-2-1-3-27-7)14-9(20)10-6(23-14)4-22-25(21,26)24-10/h1-3,5-6,9-10,14,20H,4H2,(H,21,26)(H2,15,16,17)/p-1/t6?,9-,10?,14+,25?/m0/s1. The topological polar surface area (TPSA) is 141 Å². The molecule has 142 valence electrons. The third-order valence-electron chi connectivity index (χ3n) is 4.46. The number of hydrogen-bond donors (Lipinski definition) is 2. The summed E-state index contributed by atoms with van der Waals surface area (Å²) in [5.74, 6) is 0.744. The van der Waals surface area contributed by atoms with Crippen molar-refractivity contribution in [3.8, 4) is 10.7 Å². The molecule has 2 fully saturated rings. The summed E-state index contributed by atoms with van der Waals surface area (Å²) in [5, 5.41) is 12.8. The van der Waals surface area contributed by atoms with Crippen molar-refractivity contribution < 1.29 is 23.8 Å². The number of aliphatic hydroxyl groups excluding tert-OH is 1. The van der Waals surface area contributed by atoms with Crippen LogP contribution in [0.5, 0.6) is 0 Å². The van der Waals surface area contributed by atoms with E-state index >= 15 is 0 Å². The van der Waals surface area contributed by atoms with E-state index in [4.69, 9.17) is 31.3 Å². The molecule has 0 aromatic carbocycles. The summed E-state index contributed by atoms with van der Waals surface area (Å²) >= 11 is 6.26. The maximum absolute atomic E-state index is 12.0. The minimum absolute atomic E-state index is 0.0307. The van der Waals surface area contributed by atoms with Gasteiger partial charge in [-0.25, -0.2) is 15.0 Å². The fourth-order valence-electron chi connectivity index (χ4n) is 3.29. The van der Waals surface area contributed by atoms with Crippen LogP contribution >= 0.6 is 18.1 Å². The summed E-state index contributed by atoms with van der Waals surface area (Å²) in [4.78, 5) is 25.6. The lowest BCUT2D eigenvalue weighted by Crippen LogP contribution is -2.41. The van der Waals surface area contributed by atoms with Crippen LogP contribution in [0.3, 0.4) is 0 Å². The van der Waals surface area contributed by atoms with Crippen molar-refractivity contribution in [2.45, 2.75) is 24.5 Å². The zero-order chi connectivity index (χ0) is 18.8. The summed E-state index contributed by atoms with van der Waals surface area (Å²) in [6, 6.07) is 3.77. The molecule has 3 unspecified atom stereocenters. The van der Waals surface area contributed by atoms with Gasteiger partial charge >= 0.3 is 0 Å². The highest BCUT2D eigenvalue weighted by atomic mass is 32.5. The first-order chi connectivity index (χ1) is 12.9. The van der Waals surface area contributed by atoms with Crippen molar-refractivity contribution in [2.75, 3.05) is 12.3 Å². The molecule has 27 heavy (non-hydrogen) atoms. The van der Waals surface area contributed by atoms with E-state index in [-0.39, 0.29) is 12.4 Å². The number of nitrogens with two attached hydrogens (primary N) is 1. The molecule has 3 aromatic heterocycles. The zero-order valence-electron chi connectivity index (χ0n) is 13.5. The molecule has 2 saturated heterocycles. The first kappa shape index (κ1) is 17.6. The van der Waals surface area contributed by atoms with E-state index in [0.717, 1.165) is 4.88 Å². The van der Waals surface area contributed by atoms with Gasteiger partial charge < -0.3 is 29.5 Å². The first-order valence-electron chi connectivity index (χ1n) is 7.94. The Morgan fingerprint density at radius 2 is 2.30 bits per heavy atom. The normalized spacial score (nSPS) is 33.4. The number of anilines is 1. The van der Waals surface area contributed by atoms with Gasteiger partial charge in [-0.2, -0.15) is 0 Å². The Labute approximate surface area is 161 Å². The minimum Gasteiger partial charge on any atom is -0.780 e. The van der Waals surface area contributed by atoms with Gasteiger partial charge in [0, 0.05) is 0 Å². The predicted molar refractivity (Wildman–Crippen MR) is 98.1 cm³/mol. The number of hydrogen-bond acceptors (Lipinski definition) is 11. The van der Waals surface area contributed by atoms with E-state index in [1.807, 2.05) is 17.5 Å². The third-order valence-corrected chi connectivity index (χ3v) is 6.87. The number of imidazole rings is 1. The molecule has 0 bridgehead atoms. The fourth-order valence-corrected chi connectivity index (χ4v) is 5.43. The van der Waals surface area contributed by atoms with Gasteiger partial charge in [-0.15, -0.1) is 11.3 Å². The molecular formula is C14H13N5O5PS2-. The largest absolute Gasteiger partial charge is 0.780 e. The van der Waals surface area contributed by atoms with Crippen LogP contribution in [-0.4, -0.2) is 49.5 Å². The van der Waals surface area contributed by atoms with Crippen molar-refractivity contribution in [3.63, 3.8) is 0 Å². The first-order valence-corrected chi connectivity index (χ1v) is 11.4. The summed E-state index contributed by atoms with van der Waals surface area (Å²) < 4.78 is 17.9. The zero-order valence-corrected chi connectivity index (χ0v) is 16.1. The lowest BCUT2D eigenvalue weighted by molar-refractivity contribution is -0.227. The lowest BCUT2D eigenvalue weighted by Gasteiger charge is -2.38. The van der Waals surface area contributed by atoms with Crippen LogP contribution in [0.25, 0.3) is 21.9 Å². The highest BCUT2D eigenvalue weighted by Crippen LogP contribution is 2.50.